The van der Waals surface area contributed by atoms with E-state index < -0.39 is 15.9 Å². The Bertz CT molecular complexity index is 525. The van der Waals surface area contributed by atoms with Crippen molar-refractivity contribution < 1.29 is 18.3 Å². The fraction of sp³-hybridized carbons (Fsp3) is 0.417. The van der Waals surface area contributed by atoms with Crippen LogP contribution in [0.15, 0.2) is 29.2 Å². The van der Waals surface area contributed by atoms with Gasteiger partial charge in [0.15, 0.2) is 0 Å². The standard InChI is InChI=1S/C12H18N2O4S/c1-9(6-7-15)8-14-19(17,18)11-4-2-10(3-5-11)12(13)16/h2-5,9,14-15H,6-8H2,1H3,(H2,13,16). The lowest BCUT2D eigenvalue weighted by Gasteiger charge is -2.11. The van der Waals surface area contributed by atoms with Crippen LogP contribution in [0.2, 0.25) is 0 Å². The average Bonchev–Trinajstić information content (AvgIpc) is 2.37. The molecule has 1 aromatic rings. The van der Waals surface area contributed by atoms with E-state index in [0.29, 0.717) is 6.42 Å². The van der Waals surface area contributed by atoms with Gasteiger partial charge in [0.25, 0.3) is 0 Å². The number of hydrogen-bond acceptors (Lipinski definition) is 4. The minimum atomic E-state index is -3.60. The van der Waals surface area contributed by atoms with Gasteiger partial charge < -0.3 is 10.8 Å². The smallest absolute Gasteiger partial charge is 0.248 e. The van der Waals surface area contributed by atoms with Crippen molar-refractivity contribution in [2.75, 3.05) is 13.2 Å². The van der Waals surface area contributed by atoms with E-state index in [1.807, 2.05) is 6.92 Å². The largest absolute Gasteiger partial charge is 0.396 e. The van der Waals surface area contributed by atoms with E-state index in [0.717, 1.165) is 0 Å². The summed E-state index contributed by atoms with van der Waals surface area (Å²) < 4.78 is 26.3. The highest BCUT2D eigenvalue weighted by Gasteiger charge is 2.15. The van der Waals surface area contributed by atoms with Crippen LogP contribution in [-0.4, -0.2) is 32.6 Å². The summed E-state index contributed by atoms with van der Waals surface area (Å²) in [6, 6.07) is 5.40. The number of primary amides is 1. The van der Waals surface area contributed by atoms with E-state index in [4.69, 9.17) is 10.8 Å². The first kappa shape index (κ1) is 15.6. The number of aliphatic hydroxyl groups is 1. The number of nitrogens with two attached hydrogens (primary N) is 1. The van der Waals surface area contributed by atoms with E-state index >= 15 is 0 Å². The van der Waals surface area contributed by atoms with Gasteiger partial charge in [-0.3, -0.25) is 4.79 Å². The van der Waals surface area contributed by atoms with Gasteiger partial charge in [-0.2, -0.15) is 0 Å². The van der Waals surface area contributed by atoms with Gasteiger partial charge >= 0.3 is 0 Å². The van der Waals surface area contributed by atoms with Crippen molar-refractivity contribution in [3.8, 4) is 0 Å². The zero-order valence-electron chi connectivity index (χ0n) is 10.7. The molecule has 1 rings (SSSR count). The minimum absolute atomic E-state index is 0.0240. The van der Waals surface area contributed by atoms with Gasteiger partial charge in [0, 0.05) is 18.7 Å². The van der Waals surface area contributed by atoms with Gasteiger partial charge in [0.1, 0.15) is 0 Å². The lowest BCUT2D eigenvalue weighted by molar-refractivity contribution is 0.1000. The van der Waals surface area contributed by atoms with Crippen LogP contribution in [0.1, 0.15) is 23.7 Å². The Morgan fingerprint density at radius 1 is 1.37 bits per heavy atom. The Kier molecular flexibility index (Phi) is 5.46. The number of sulfonamides is 1. The lowest BCUT2D eigenvalue weighted by Crippen LogP contribution is -2.28. The van der Waals surface area contributed by atoms with Crippen LogP contribution in [0.4, 0.5) is 0 Å². The first-order valence-electron chi connectivity index (χ1n) is 5.87. The Hall–Kier alpha value is -1.44. The van der Waals surface area contributed by atoms with Crippen molar-refractivity contribution in [3.05, 3.63) is 29.8 Å². The summed E-state index contributed by atoms with van der Waals surface area (Å²) >= 11 is 0. The van der Waals surface area contributed by atoms with Gasteiger partial charge in [-0.15, -0.1) is 0 Å². The topological polar surface area (TPSA) is 109 Å². The van der Waals surface area contributed by atoms with Crippen LogP contribution in [0.3, 0.4) is 0 Å². The molecule has 0 spiro atoms. The molecule has 0 saturated heterocycles. The predicted molar refractivity (Wildman–Crippen MR) is 71.0 cm³/mol. The molecule has 0 aromatic heterocycles. The molecule has 19 heavy (non-hydrogen) atoms. The molecule has 4 N–H and O–H groups in total. The highest BCUT2D eigenvalue weighted by Crippen LogP contribution is 2.11. The van der Waals surface area contributed by atoms with Gasteiger partial charge in [0.2, 0.25) is 15.9 Å². The Labute approximate surface area is 112 Å². The van der Waals surface area contributed by atoms with Crippen LogP contribution in [0, 0.1) is 5.92 Å². The number of nitrogens with one attached hydrogen (secondary N) is 1. The number of amides is 1. The Balaban J connectivity index is 2.74. The van der Waals surface area contributed by atoms with E-state index in [9.17, 15) is 13.2 Å². The molecule has 6 nitrogen and oxygen atoms in total. The maximum absolute atomic E-state index is 11.9. The number of benzene rings is 1. The molecule has 0 bridgehead atoms. The minimum Gasteiger partial charge on any atom is -0.396 e. The van der Waals surface area contributed by atoms with Crippen LogP contribution in [0.25, 0.3) is 0 Å². The van der Waals surface area contributed by atoms with Crippen LogP contribution in [0.5, 0.6) is 0 Å². The molecule has 0 aliphatic carbocycles. The molecule has 1 amide bonds. The normalized spacial score (nSPS) is 13.2. The molecule has 1 atom stereocenters. The SMILES string of the molecule is CC(CCO)CNS(=O)(=O)c1ccc(C(N)=O)cc1. The second-order valence-electron chi connectivity index (χ2n) is 4.36. The number of hydrogen-bond donors (Lipinski definition) is 3. The number of carbonyl (C=O) groups is 1. The summed E-state index contributed by atoms with van der Waals surface area (Å²) in [5, 5.41) is 8.74. The fourth-order valence-electron chi connectivity index (χ4n) is 1.46. The quantitative estimate of drug-likeness (QED) is 0.659. The van der Waals surface area contributed by atoms with Gasteiger partial charge in [-0.05, 0) is 36.6 Å². The fourth-order valence-corrected chi connectivity index (χ4v) is 2.62. The van der Waals surface area contributed by atoms with Crippen LogP contribution in [-0.2, 0) is 10.0 Å². The summed E-state index contributed by atoms with van der Waals surface area (Å²) in [6.07, 6.45) is 0.531. The zero-order valence-corrected chi connectivity index (χ0v) is 11.5. The van der Waals surface area contributed by atoms with E-state index in [2.05, 4.69) is 4.72 Å². The highest BCUT2D eigenvalue weighted by atomic mass is 32.2. The molecule has 1 aromatic carbocycles. The molecule has 0 radical (unpaired) electrons. The molecular weight excluding hydrogens is 268 g/mol. The molecule has 106 valence electrons. The monoisotopic (exact) mass is 286 g/mol. The van der Waals surface area contributed by atoms with E-state index in [1.54, 1.807) is 0 Å². The molecule has 7 heteroatoms. The lowest BCUT2D eigenvalue weighted by atomic mass is 10.1. The molecule has 1 unspecified atom stereocenters. The van der Waals surface area contributed by atoms with Crippen molar-refractivity contribution in [3.63, 3.8) is 0 Å². The van der Waals surface area contributed by atoms with Crippen molar-refractivity contribution in [1.82, 2.24) is 4.72 Å². The van der Waals surface area contributed by atoms with Crippen molar-refractivity contribution in [1.29, 1.82) is 0 Å². The van der Waals surface area contributed by atoms with Gasteiger partial charge in [-0.25, -0.2) is 13.1 Å². The third-order valence-corrected chi connectivity index (χ3v) is 4.13. The molecule has 0 aliphatic heterocycles. The predicted octanol–water partition coefficient (Wildman–Crippen LogP) is 0.0823. The summed E-state index contributed by atoms with van der Waals surface area (Å²) in [7, 11) is -3.60. The summed E-state index contributed by atoms with van der Waals surface area (Å²) in [4.78, 5) is 11.0. The summed E-state index contributed by atoms with van der Waals surface area (Å²) in [6.45, 7) is 2.12. The summed E-state index contributed by atoms with van der Waals surface area (Å²) in [5.74, 6) is -0.557. The maximum Gasteiger partial charge on any atom is 0.248 e. The van der Waals surface area contributed by atoms with Crippen LogP contribution >= 0.6 is 0 Å². The van der Waals surface area contributed by atoms with Crippen LogP contribution < -0.4 is 10.5 Å². The Morgan fingerprint density at radius 3 is 2.42 bits per heavy atom. The second-order valence-corrected chi connectivity index (χ2v) is 6.12. The molecule has 0 heterocycles. The highest BCUT2D eigenvalue weighted by molar-refractivity contribution is 7.89. The third kappa shape index (κ3) is 4.62. The first-order valence-corrected chi connectivity index (χ1v) is 7.35. The molecular formula is C12H18N2O4S. The Morgan fingerprint density at radius 2 is 1.95 bits per heavy atom. The molecule has 0 fully saturated rings. The van der Waals surface area contributed by atoms with E-state index in [1.165, 1.54) is 24.3 Å². The third-order valence-electron chi connectivity index (χ3n) is 2.69. The number of carbonyl (C=O) groups excluding carboxylic acids is 1. The average molecular weight is 286 g/mol. The zero-order chi connectivity index (χ0) is 14.5. The maximum atomic E-state index is 11.9. The molecule has 0 aliphatic rings. The first-order chi connectivity index (χ1) is 8.86. The van der Waals surface area contributed by atoms with Crippen molar-refractivity contribution in [2.45, 2.75) is 18.2 Å². The van der Waals surface area contributed by atoms with Crippen molar-refractivity contribution in [2.24, 2.45) is 11.7 Å². The molecule has 0 saturated carbocycles. The van der Waals surface area contributed by atoms with E-state index in [-0.39, 0.29) is 29.5 Å². The number of aliphatic hydroxyl groups excluding tert-OH is 1. The van der Waals surface area contributed by atoms with Gasteiger partial charge in [-0.1, -0.05) is 6.92 Å². The summed E-state index contributed by atoms with van der Waals surface area (Å²) in [5.41, 5.74) is 5.33. The van der Waals surface area contributed by atoms with Gasteiger partial charge in [0.05, 0.1) is 4.90 Å². The second kappa shape index (κ2) is 6.65. The number of rotatable bonds is 7. The van der Waals surface area contributed by atoms with Crippen molar-refractivity contribution >= 4 is 15.9 Å².